The maximum Gasteiger partial charge on any atom is 0.392 e. The SMILES string of the molecule is O=C(/C=C/CC(F)(F)F)c1cc(Br)cs1. The molecule has 1 nitrogen and oxygen atoms in total. The van der Waals surface area contributed by atoms with Gasteiger partial charge in [-0.15, -0.1) is 11.3 Å². The highest BCUT2D eigenvalue weighted by Crippen LogP contribution is 2.22. The summed E-state index contributed by atoms with van der Waals surface area (Å²) in [4.78, 5) is 11.7. The van der Waals surface area contributed by atoms with Crippen LogP contribution in [-0.4, -0.2) is 12.0 Å². The van der Waals surface area contributed by atoms with Gasteiger partial charge in [0.1, 0.15) is 0 Å². The van der Waals surface area contributed by atoms with E-state index in [0.717, 1.165) is 16.6 Å². The molecule has 0 aromatic carbocycles. The number of halogens is 4. The van der Waals surface area contributed by atoms with Gasteiger partial charge in [0.25, 0.3) is 0 Å². The monoisotopic (exact) mass is 298 g/mol. The fraction of sp³-hybridized carbons (Fsp3) is 0.222. The lowest BCUT2D eigenvalue weighted by Crippen LogP contribution is -2.04. The van der Waals surface area contributed by atoms with E-state index in [1.165, 1.54) is 11.3 Å². The van der Waals surface area contributed by atoms with Gasteiger partial charge in [0, 0.05) is 9.85 Å². The molecule has 0 N–H and O–H groups in total. The van der Waals surface area contributed by atoms with Crippen LogP contribution >= 0.6 is 27.3 Å². The molecule has 0 atom stereocenters. The quantitative estimate of drug-likeness (QED) is 0.604. The second-order valence-corrected chi connectivity index (χ2v) is 4.54. The molecule has 0 unspecified atom stereocenters. The molecule has 0 amide bonds. The van der Waals surface area contributed by atoms with Gasteiger partial charge in [0.2, 0.25) is 0 Å². The summed E-state index contributed by atoms with van der Waals surface area (Å²) in [7, 11) is 0. The Morgan fingerprint density at radius 1 is 1.53 bits per heavy atom. The Bertz CT molecular complexity index is 381. The first-order valence-electron chi connectivity index (χ1n) is 3.90. The summed E-state index contributed by atoms with van der Waals surface area (Å²) in [5, 5.41) is 1.70. The Morgan fingerprint density at radius 3 is 2.67 bits per heavy atom. The van der Waals surface area contributed by atoms with Gasteiger partial charge in [-0.2, -0.15) is 13.2 Å². The molecule has 82 valence electrons. The fourth-order valence-corrected chi connectivity index (χ4v) is 2.17. The van der Waals surface area contributed by atoms with E-state index in [4.69, 9.17) is 0 Å². The molecule has 0 saturated heterocycles. The minimum Gasteiger partial charge on any atom is -0.288 e. The number of carbonyl (C=O) groups excluding carboxylic acids is 1. The first kappa shape index (κ1) is 12.4. The summed E-state index contributed by atoms with van der Waals surface area (Å²) in [5.41, 5.74) is 0. The van der Waals surface area contributed by atoms with Crippen molar-refractivity contribution >= 4 is 33.0 Å². The molecule has 0 fully saturated rings. The molecule has 0 bridgehead atoms. The van der Waals surface area contributed by atoms with E-state index in [1.807, 2.05) is 0 Å². The lowest BCUT2D eigenvalue weighted by atomic mass is 10.2. The van der Waals surface area contributed by atoms with Crippen LogP contribution < -0.4 is 0 Å². The number of ketones is 1. The molecule has 0 spiro atoms. The van der Waals surface area contributed by atoms with E-state index in [2.05, 4.69) is 15.9 Å². The summed E-state index contributed by atoms with van der Waals surface area (Å²) < 4.78 is 36.0. The number of thiophene rings is 1. The lowest BCUT2D eigenvalue weighted by Gasteiger charge is -1.99. The molecule has 0 aliphatic carbocycles. The van der Waals surface area contributed by atoms with Crippen LogP contribution in [0, 0.1) is 0 Å². The minimum absolute atomic E-state index is 0.407. The van der Waals surface area contributed by atoms with Crippen LogP contribution in [-0.2, 0) is 0 Å². The van der Waals surface area contributed by atoms with Crippen molar-refractivity contribution in [2.75, 3.05) is 0 Å². The van der Waals surface area contributed by atoms with Crippen LogP contribution in [0.25, 0.3) is 0 Å². The van der Waals surface area contributed by atoms with Crippen molar-refractivity contribution in [3.05, 3.63) is 32.9 Å². The first-order valence-corrected chi connectivity index (χ1v) is 5.57. The van der Waals surface area contributed by atoms with Crippen molar-refractivity contribution in [1.29, 1.82) is 0 Å². The largest absolute Gasteiger partial charge is 0.392 e. The average Bonchev–Trinajstić information content (AvgIpc) is 2.49. The number of rotatable bonds is 3. The van der Waals surface area contributed by atoms with Crippen molar-refractivity contribution in [2.24, 2.45) is 0 Å². The van der Waals surface area contributed by atoms with E-state index in [1.54, 1.807) is 11.4 Å². The second kappa shape index (κ2) is 4.94. The maximum atomic E-state index is 11.7. The first-order chi connectivity index (χ1) is 6.88. The van der Waals surface area contributed by atoms with Gasteiger partial charge < -0.3 is 0 Å². The molecule has 6 heteroatoms. The molecular formula is C9H6BrF3OS. The zero-order valence-corrected chi connectivity index (χ0v) is 9.75. The van der Waals surface area contributed by atoms with Gasteiger partial charge in [0.05, 0.1) is 11.3 Å². The molecule has 1 aromatic heterocycles. The summed E-state index contributed by atoms with van der Waals surface area (Å²) in [6, 6.07) is 1.57. The summed E-state index contributed by atoms with van der Waals surface area (Å²) >= 11 is 4.34. The third kappa shape index (κ3) is 4.61. The van der Waals surface area contributed by atoms with Crippen molar-refractivity contribution < 1.29 is 18.0 Å². The highest BCUT2D eigenvalue weighted by molar-refractivity contribution is 9.10. The van der Waals surface area contributed by atoms with E-state index in [9.17, 15) is 18.0 Å². The number of alkyl halides is 3. The van der Waals surface area contributed by atoms with Crippen LogP contribution in [0.3, 0.4) is 0 Å². The molecule has 15 heavy (non-hydrogen) atoms. The van der Waals surface area contributed by atoms with E-state index < -0.39 is 18.4 Å². The van der Waals surface area contributed by atoms with Gasteiger partial charge in [-0.05, 0) is 28.1 Å². The summed E-state index contributed by atoms with van der Waals surface area (Å²) in [5.74, 6) is -0.407. The highest BCUT2D eigenvalue weighted by atomic mass is 79.9. The molecular weight excluding hydrogens is 293 g/mol. The normalized spacial score (nSPS) is 12.3. The number of allylic oxidation sites excluding steroid dienone is 2. The van der Waals surface area contributed by atoms with Crippen molar-refractivity contribution in [1.82, 2.24) is 0 Å². The third-order valence-corrected chi connectivity index (χ3v) is 3.13. The smallest absolute Gasteiger partial charge is 0.288 e. The van der Waals surface area contributed by atoms with Gasteiger partial charge in [-0.25, -0.2) is 0 Å². The molecule has 0 radical (unpaired) electrons. The van der Waals surface area contributed by atoms with Crippen molar-refractivity contribution in [2.45, 2.75) is 12.6 Å². The molecule has 1 rings (SSSR count). The van der Waals surface area contributed by atoms with E-state index in [-0.39, 0.29) is 0 Å². The zero-order chi connectivity index (χ0) is 11.5. The van der Waals surface area contributed by atoms with E-state index >= 15 is 0 Å². The topological polar surface area (TPSA) is 17.1 Å². The van der Waals surface area contributed by atoms with Crippen LogP contribution in [0.15, 0.2) is 28.1 Å². The predicted octanol–water partition coefficient (Wildman–Crippen LogP) is 4.20. The maximum absolute atomic E-state index is 11.7. The Kier molecular flexibility index (Phi) is 4.10. The van der Waals surface area contributed by atoms with Gasteiger partial charge >= 0.3 is 6.18 Å². The van der Waals surface area contributed by atoms with Crippen LogP contribution in [0.2, 0.25) is 0 Å². The van der Waals surface area contributed by atoms with Crippen LogP contribution in [0.5, 0.6) is 0 Å². The average molecular weight is 299 g/mol. The second-order valence-electron chi connectivity index (χ2n) is 2.72. The lowest BCUT2D eigenvalue weighted by molar-refractivity contribution is -0.125. The minimum atomic E-state index is -4.26. The fourth-order valence-electron chi connectivity index (χ4n) is 0.824. The van der Waals surface area contributed by atoms with Gasteiger partial charge in [-0.1, -0.05) is 6.08 Å². The molecule has 1 aromatic rings. The Balaban J connectivity index is 2.57. The molecule has 0 aliphatic rings. The van der Waals surface area contributed by atoms with Crippen molar-refractivity contribution in [3.8, 4) is 0 Å². The molecule has 0 saturated carbocycles. The highest BCUT2D eigenvalue weighted by Gasteiger charge is 2.24. The standard InChI is InChI=1S/C9H6BrF3OS/c10-6-4-8(15-5-6)7(14)2-1-3-9(11,12)13/h1-2,4-5H,3H2/b2-1+. The Hall–Kier alpha value is -0.620. The van der Waals surface area contributed by atoms with E-state index in [0.29, 0.717) is 4.88 Å². The van der Waals surface area contributed by atoms with Gasteiger partial charge in [-0.3, -0.25) is 4.79 Å². The third-order valence-electron chi connectivity index (χ3n) is 1.43. The number of hydrogen-bond donors (Lipinski definition) is 0. The van der Waals surface area contributed by atoms with Gasteiger partial charge in [0.15, 0.2) is 5.78 Å². The van der Waals surface area contributed by atoms with Crippen molar-refractivity contribution in [3.63, 3.8) is 0 Å². The predicted molar refractivity (Wildman–Crippen MR) is 56.2 cm³/mol. The zero-order valence-electron chi connectivity index (χ0n) is 7.34. The summed E-state index contributed by atoms with van der Waals surface area (Å²) in [6.45, 7) is 0. The number of hydrogen-bond acceptors (Lipinski definition) is 2. The summed E-state index contributed by atoms with van der Waals surface area (Å²) in [6.07, 6.45) is -3.56. The molecule has 0 aliphatic heterocycles. The van der Waals surface area contributed by atoms with Crippen LogP contribution in [0.1, 0.15) is 16.1 Å². The Labute approximate surface area is 96.7 Å². The van der Waals surface area contributed by atoms with Crippen LogP contribution in [0.4, 0.5) is 13.2 Å². The Morgan fingerprint density at radius 2 is 2.20 bits per heavy atom. The number of carbonyl (C=O) groups is 1. The molecule has 1 heterocycles.